The van der Waals surface area contributed by atoms with Gasteiger partial charge in [-0.3, -0.25) is 15.0 Å². The van der Waals surface area contributed by atoms with Crippen LogP contribution < -0.4 is 10.1 Å². The molecule has 0 saturated carbocycles. The average Bonchev–Trinajstić information content (AvgIpc) is 2.75. The van der Waals surface area contributed by atoms with Crippen LogP contribution in [0.15, 0.2) is 30.3 Å². The Morgan fingerprint density at radius 2 is 2.10 bits per heavy atom. The van der Waals surface area contributed by atoms with Crippen molar-refractivity contribution in [1.29, 1.82) is 0 Å². The largest absolute Gasteiger partial charge is 0.492 e. The summed E-state index contributed by atoms with van der Waals surface area (Å²) in [6.07, 6.45) is 0. The highest BCUT2D eigenvalue weighted by Gasteiger charge is 2.18. The number of rotatable bonds is 8. The number of nitro groups is 1. The van der Waals surface area contributed by atoms with Gasteiger partial charge in [0.15, 0.2) is 0 Å². The van der Waals surface area contributed by atoms with E-state index in [0.717, 1.165) is 13.1 Å². The second-order valence-electron chi connectivity index (χ2n) is 6.39. The Morgan fingerprint density at radius 1 is 1.33 bits per heavy atom. The molecule has 10 nitrogen and oxygen atoms in total. The van der Waals surface area contributed by atoms with E-state index in [-0.39, 0.29) is 27.9 Å². The minimum Gasteiger partial charge on any atom is -0.492 e. The molecule has 2 heterocycles. The summed E-state index contributed by atoms with van der Waals surface area (Å²) in [4.78, 5) is 28.9. The average molecular weight is 437 g/mol. The number of benzene rings is 1. The number of nitrogens with one attached hydrogen (secondary N) is 1. The van der Waals surface area contributed by atoms with Gasteiger partial charge in [0, 0.05) is 19.6 Å². The molecule has 0 aliphatic carbocycles. The molecule has 3 rings (SSSR count). The van der Waals surface area contributed by atoms with E-state index in [1.807, 2.05) is 0 Å². The van der Waals surface area contributed by atoms with Gasteiger partial charge in [-0.15, -0.1) is 0 Å². The maximum atomic E-state index is 11.6. The number of carbonyl (C=O) groups excluding carboxylic acids is 1. The van der Waals surface area contributed by atoms with Crippen LogP contribution in [0.1, 0.15) is 10.4 Å². The Kier molecular flexibility index (Phi) is 7.39. The highest BCUT2D eigenvalue weighted by atomic mass is 35.5. The number of ether oxygens (including phenoxy) is 3. The molecule has 0 amide bonds. The summed E-state index contributed by atoms with van der Waals surface area (Å²) in [6, 6.07) is 7.43. The zero-order chi connectivity index (χ0) is 21.5. The number of methoxy groups -OCH3 is 1. The second-order valence-corrected chi connectivity index (χ2v) is 6.75. The number of aromatic nitrogens is 1. The molecule has 1 saturated heterocycles. The summed E-state index contributed by atoms with van der Waals surface area (Å²) in [5.41, 5.74) is 0.145. The molecule has 1 fully saturated rings. The Balaban J connectivity index is 1.68. The van der Waals surface area contributed by atoms with Crippen LogP contribution in [0.3, 0.4) is 0 Å². The summed E-state index contributed by atoms with van der Waals surface area (Å²) < 4.78 is 15.6. The fraction of sp³-hybridized carbons (Fsp3) is 0.368. The zero-order valence-electron chi connectivity index (χ0n) is 16.3. The number of morpholine rings is 1. The SMILES string of the molecule is COC(=O)c1ccc(Nc2ccc(OCCN3CCOCC3)cc2[N+](=O)[O-])nc1Cl. The molecule has 0 atom stereocenters. The van der Waals surface area contributed by atoms with E-state index in [9.17, 15) is 14.9 Å². The highest BCUT2D eigenvalue weighted by molar-refractivity contribution is 6.32. The lowest BCUT2D eigenvalue weighted by Gasteiger charge is -2.26. The zero-order valence-corrected chi connectivity index (χ0v) is 17.1. The summed E-state index contributed by atoms with van der Waals surface area (Å²) >= 11 is 6.00. The molecule has 30 heavy (non-hydrogen) atoms. The van der Waals surface area contributed by atoms with Crippen LogP contribution in [0.2, 0.25) is 5.15 Å². The van der Waals surface area contributed by atoms with Crippen LogP contribution in [0.5, 0.6) is 5.75 Å². The minimum absolute atomic E-state index is 0.0717. The van der Waals surface area contributed by atoms with Gasteiger partial charge in [0.25, 0.3) is 5.69 Å². The van der Waals surface area contributed by atoms with Gasteiger partial charge in [-0.1, -0.05) is 11.6 Å². The van der Waals surface area contributed by atoms with Crippen molar-refractivity contribution in [2.75, 3.05) is 51.9 Å². The van der Waals surface area contributed by atoms with Crippen molar-refractivity contribution in [3.05, 3.63) is 51.2 Å². The molecule has 0 unspecified atom stereocenters. The lowest BCUT2D eigenvalue weighted by molar-refractivity contribution is -0.384. The first-order valence-corrected chi connectivity index (χ1v) is 9.59. The van der Waals surface area contributed by atoms with Gasteiger partial charge in [-0.2, -0.15) is 0 Å². The van der Waals surface area contributed by atoms with E-state index in [0.29, 0.717) is 32.1 Å². The molecule has 1 aromatic heterocycles. The van der Waals surface area contributed by atoms with Gasteiger partial charge in [0.05, 0.1) is 36.9 Å². The van der Waals surface area contributed by atoms with Crippen molar-refractivity contribution >= 4 is 34.8 Å². The van der Waals surface area contributed by atoms with Crippen molar-refractivity contribution in [2.24, 2.45) is 0 Å². The number of pyridine rings is 1. The summed E-state index contributed by atoms with van der Waals surface area (Å²) in [5.74, 6) is 0.0212. The van der Waals surface area contributed by atoms with Gasteiger partial charge in [-0.25, -0.2) is 9.78 Å². The smallest absolute Gasteiger partial charge is 0.341 e. The quantitative estimate of drug-likeness (QED) is 0.288. The van der Waals surface area contributed by atoms with Crippen LogP contribution in [0.25, 0.3) is 0 Å². The van der Waals surface area contributed by atoms with Crippen LogP contribution in [0.4, 0.5) is 17.2 Å². The molecular formula is C19H21ClN4O6. The molecular weight excluding hydrogens is 416 g/mol. The van der Waals surface area contributed by atoms with Gasteiger partial charge in [0.2, 0.25) is 0 Å². The number of hydrogen-bond acceptors (Lipinski definition) is 9. The number of halogens is 1. The van der Waals surface area contributed by atoms with Crippen molar-refractivity contribution in [2.45, 2.75) is 0 Å². The number of hydrogen-bond donors (Lipinski definition) is 1. The fourth-order valence-corrected chi connectivity index (χ4v) is 3.11. The lowest BCUT2D eigenvalue weighted by atomic mass is 10.2. The van der Waals surface area contributed by atoms with E-state index in [1.165, 1.54) is 31.4 Å². The van der Waals surface area contributed by atoms with E-state index in [1.54, 1.807) is 6.07 Å². The van der Waals surface area contributed by atoms with Gasteiger partial charge < -0.3 is 19.5 Å². The van der Waals surface area contributed by atoms with E-state index in [2.05, 4.69) is 19.9 Å². The lowest BCUT2D eigenvalue weighted by Crippen LogP contribution is -2.38. The van der Waals surface area contributed by atoms with Gasteiger partial charge in [0.1, 0.15) is 29.0 Å². The third-order valence-corrected chi connectivity index (χ3v) is 4.75. The van der Waals surface area contributed by atoms with Gasteiger partial charge >= 0.3 is 5.97 Å². The standard InChI is InChI=1S/C19H21ClN4O6/c1-28-19(25)14-3-5-17(22-18(14)20)21-15-4-2-13(12-16(15)24(26)27)30-11-8-23-6-9-29-10-7-23/h2-5,12H,6-11H2,1H3,(H,21,22). The Labute approximate surface area is 177 Å². The normalized spacial score (nSPS) is 14.2. The highest BCUT2D eigenvalue weighted by Crippen LogP contribution is 2.31. The fourth-order valence-electron chi connectivity index (χ4n) is 2.88. The number of esters is 1. The van der Waals surface area contributed by atoms with Crippen molar-refractivity contribution in [1.82, 2.24) is 9.88 Å². The van der Waals surface area contributed by atoms with Crippen LogP contribution in [-0.4, -0.2) is 67.3 Å². The number of anilines is 2. The molecule has 1 N–H and O–H groups in total. The van der Waals surface area contributed by atoms with Crippen molar-refractivity contribution in [3.63, 3.8) is 0 Å². The monoisotopic (exact) mass is 436 g/mol. The maximum Gasteiger partial charge on any atom is 0.341 e. The van der Waals surface area contributed by atoms with Crippen molar-refractivity contribution < 1.29 is 23.9 Å². The summed E-state index contributed by atoms with van der Waals surface area (Å²) in [6.45, 7) is 4.21. The first-order valence-electron chi connectivity index (χ1n) is 9.21. The predicted octanol–water partition coefficient (Wildman–Crippen LogP) is 2.88. The molecule has 1 aliphatic rings. The number of nitro benzene ring substituents is 1. The van der Waals surface area contributed by atoms with Crippen LogP contribution >= 0.6 is 11.6 Å². The maximum absolute atomic E-state index is 11.6. The third kappa shape index (κ3) is 5.56. The molecule has 2 aromatic rings. The molecule has 0 bridgehead atoms. The van der Waals surface area contributed by atoms with E-state index < -0.39 is 10.9 Å². The van der Waals surface area contributed by atoms with Gasteiger partial charge in [-0.05, 0) is 24.3 Å². The Hall–Kier alpha value is -2.95. The first kappa shape index (κ1) is 21.8. The first-order chi connectivity index (χ1) is 14.5. The van der Waals surface area contributed by atoms with E-state index in [4.69, 9.17) is 21.1 Å². The Bertz CT molecular complexity index is 920. The molecule has 0 spiro atoms. The predicted molar refractivity (Wildman–Crippen MR) is 110 cm³/mol. The van der Waals surface area contributed by atoms with Crippen LogP contribution in [-0.2, 0) is 9.47 Å². The summed E-state index contributed by atoms with van der Waals surface area (Å²) in [5, 5.41) is 14.3. The summed E-state index contributed by atoms with van der Waals surface area (Å²) in [7, 11) is 1.23. The van der Waals surface area contributed by atoms with Crippen molar-refractivity contribution in [3.8, 4) is 5.75 Å². The molecule has 1 aliphatic heterocycles. The minimum atomic E-state index is -0.622. The number of carbonyl (C=O) groups is 1. The second kappa shape index (κ2) is 10.2. The molecule has 160 valence electrons. The molecule has 0 radical (unpaired) electrons. The third-order valence-electron chi connectivity index (χ3n) is 4.46. The van der Waals surface area contributed by atoms with Crippen LogP contribution in [0, 0.1) is 10.1 Å². The molecule has 1 aromatic carbocycles. The Morgan fingerprint density at radius 3 is 2.77 bits per heavy atom. The topological polar surface area (TPSA) is 116 Å². The van der Waals surface area contributed by atoms with E-state index >= 15 is 0 Å². The number of nitrogens with zero attached hydrogens (tertiary/aromatic N) is 3. The molecule has 11 heteroatoms.